The number of carbonyl (C=O) groups excluding carboxylic acids is 2. The summed E-state index contributed by atoms with van der Waals surface area (Å²) in [5.41, 5.74) is -0.723. The molecule has 0 atom stereocenters. The maximum Gasteiger partial charge on any atom is 0.343 e. The van der Waals surface area contributed by atoms with Crippen LogP contribution in [0.15, 0.2) is 60.7 Å². The van der Waals surface area contributed by atoms with Gasteiger partial charge < -0.3 is 10.1 Å². The lowest BCUT2D eigenvalue weighted by atomic mass is 10.2. The van der Waals surface area contributed by atoms with Gasteiger partial charge in [0.05, 0.1) is 15.4 Å². The van der Waals surface area contributed by atoms with E-state index in [9.17, 15) is 29.8 Å². The van der Waals surface area contributed by atoms with Crippen molar-refractivity contribution >= 4 is 52.1 Å². The van der Waals surface area contributed by atoms with Gasteiger partial charge >= 0.3 is 5.97 Å². The zero-order chi connectivity index (χ0) is 23.4. The van der Waals surface area contributed by atoms with Gasteiger partial charge in [-0.2, -0.15) is 0 Å². The molecule has 0 radical (unpaired) electrons. The predicted molar refractivity (Wildman–Crippen MR) is 116 cm³/mol. The summed E-state index contributed by atoms with van der Waals surface area (Å²) < 4.78 is 5.21. The Labute approximate surface area is 189 Å². The molecular formula is C20H11Cl2N3O7. The number of hydrogen-bond acceptors (Lipinski definition) is 7. The maximum atomic E-state index is 12.4. The molecule has 0 heterocycles. The molecule has 1 N–H and O–H groups in total. The first-order valence-electron chi connectivity index (χ1n) is 8.67. The topological polar surface area (TPSA) is 142 Å². The van der Waals surface area contributed by atoms with Crippen molar-refractivity contribution in [3.63, 3.8) is 0 Å². The summed E-state index contributed by atoms with van der Waals surface area (Å²) in [5.74, 6) is -1.48. The number of ether oxygens (including phenoxy) is 1. The second kappa shape index (κ2) is 9.41. The number of carbonyl (C=O) groups is 2. The van der Waals surface area contributed by atoms with Gasteiger partial charge in [-0.1, -0.05) is 29.3 Å². The van der Waals surface area contributed by atoms with Gasteiger partial charge in [-0.25, -0.2) is 4.79 Å². The number of hydrogen-bond donors (Lipinski definition) is 1. The van der Waals surface area contributed by atoms with Crippen LogP contribution in [-0.2, 0) is 0 Å². The first-order valence-corrected chi connectivity index (χ1v) is 9.43. The smallest absolute Gasteiger partial charge is 0.343 e. The van der Waals surface area contributed by atoms with Crippen molar-refractivity contribution in [2.75, 3.05) is 5.32 Å². The quantitative estimate of drug-likeness (QED) is 0.221. The molecule has 0 saturated carbocycles. The summed E-state index contributed by atoms with van der Waals surface area (Å²) >= 11 is 11.5. The fourth-order valence-corrected chi connectivity index (χ4v) is 2.95. The second-order valence-corrected chi connectivity index (χ2v) is 7.03. The largest absolute Gasteiger partial charge is 0.423 e. The summed E-state index contributed by atoms with van der Waals surface area (Å²) in [6.07, 6.45) is 0. The monoisotopic (exact) mass is 475 g/mol. The lowest BCUT2D eigenvalue weighted by Crippen LogP contribution is -2.13. The van der Waals surface area contributed by atoms with Crippen LogP contribution in [0.4, 0.5) is 17.1 Å². The highest BCUT2D eigenvalue weighted by atomic mass is 35.5. The average molecular weight is 476 g/mol. The van der Waals surface area contributed by atoms with Crippen molar-refractivity contribution in [3.05, 3.63) is 102 Å². The molecule has 0 aliphatic heterocycles. The third-order valence-corrected chi connectivity index (χ3v) is 4.73. The number of nitrogens with one attached hydrogen (secondary N) is 1. The van der Waals surface area contributed by atoms with Crippen LogP contribution in [0.3, 0.4) is 0 Å². The van der Waals surface area contributed by atoms with Crippen molar-refractivity contribution in [2.24, 2.45) is 0 Å². The Morgan fingerprint density at radius 2 is 1.38 bits per heavy atom. The van der Waals surface area contributed by atoms with Crippen molar-refractivity contribution in [2.45, 2.75) is 0 Å². The lowest BCUT2D eigenvalue weighted by Gasteiger charge is -2.09. The van der Waals surface area contributed by atoms with Crippen LogP contribution in [0.5, 0.6) is 5.75 Å². The van der Waals surface area contributed by atoms with E-state index < -0.39 is 33.1 Å². The number of benzene rings is 3. The third kappa shape index (κ3) is 5.17. The van der Waals surface area contributed by atoms with E-state index >= 15 is 0 Å². The summed E-state index contributed by atoms with van der Waals surface area (Å²) in [7, 11) is 0. The standard InChI is InChI=1S/C20H11Cl2N3O7/c21-15-6-4-11(8-17(15)24(28)29)19(26)23-13-2-1-3-14(10-13)32-20(27)12-5-7-16(22)18(9-12)25(30)31/h1-10H,(H,23,26). The average Bonchev–Trinajstić information content (AvgIpc) is 2.74. The molecule has 3 rings (SSSR count). The maximum absolute atomic E-state index is 12.4. The molecule has 0 unspecified atom stereocenters. The SMILES string of the molecule is O=C(Nc1cccc(OC(=O)c2ccc(Cl)c([N+](=O)[O-])c2)c1)c1ccc(Cl)c([N+](=O)[O-])c1. The minimum Gasteiger partial charge on any atom is -0.423 e. The van der Waals surface area contributed by atoms with Crippen LogP contribution in [0, 0.1) is 20.2 Å². The summed E-state index contributed by atoms with van der Waals surface area (Å²) in [5, 5.41) is 24.3. The number of esters is 1. The molecule has 1 amide bonds. The van der Waals surface area contributed by atoms with Gasteiger partial charge in [-0.05, 0) is 36.4 Å². The van der Waals surface area contributed by atoms with E-state index in [0.717, 1.165) is 12.1 Å². The van der Waals surface area contributed by atoms with Gasteiger partial charge in [0, 0.05) is 29.4 Å². The Bertz CT molecular complexity index is 1170. The molecule has 0 bridgehead atoms. The normalized spacial score (nSPS) is 10.3. The molecule has 0 spiro atoms. The zero-order valence-corrected chi connectivity index (χ0v) is 17.3. The van der Waals surface area contributed by atoms with Crippen LogP contribution in [0.1, 0.15) is 20.7 Å². The highest BCUT2D eigenvalue weighted by Crippen LogP contribution is 2.27. The van der Waals surface area contributed by atoms with Crippen molar-refractivity contribution < 1.29 is 24.2 Å². The number of anilines is 1. The summed E-state index contributed by atoms with van der Waals surface area (Å²) in [6, 6.07) is 12.8. The molecule has 0 fully saturated rings. The Hall–Kier alpha value is -4.02. The molecule has 3 aromatic carbocycles. The van der Waals surface area contributed by atoms with E-state index in [0.29, 0.717) is 0 Å². The van der Waals surface area contributed by atoms with E-state index in [1.807, 2.05) is 0 Å². The number of halogens is 2. The predicted octanol–water partition coefficient (Wildman–Crippen LogP) is 5.28. The number of amides is 1. The van der Waals surface area contributed by atoms with E-state index in [1.165, 1.54) is 48.5 Å². The van der Waals surface area contributed by atoms with Gasteiger partial charge in [-0.3, -0.25) is 25.0 Å². The van der Waals surface area contributed by atoms with Gasteiger partial charge in [0.2, 0.25) is 0 Å². The molecule has 10 nitrogen and oxygen atoms in total. The van der Waals surface area contributed by atoms with Crippen LogP contribution >= 0.6 is 23.2 Å². The highest BCUT2D eigenvalue weighted by Gasteiger charge is 2.19. The fraction of sp³-hybridized carbons (Fsp3) is 0. The molecule has 0 aliphatic carbocycles. The third-order valence-electron chi connectivity index (χ3n) is 4.09. The van der Waals surface area contributed by atoms with Crippen molar-refractivity contribution in [1.82, 2.24) is 0 Å². The van der Waals surface area contributed by atoms with Crippen molar-refractivity contribution in [3.8, 4) is 5.75 Å². The van der Waals surface area contributed by atoms with E-state index in [1.54, 1.807) is 0 Å². The zero-order valence-electron chi connectivity index (χ0n) is 15.8. The van der Waals surface area contributed by atoms with Gasteiger partial charge in [0.1, 0.15) is 15.8 Å². The van der Waals surface area contributed by atoms with E-state index in [2.05, 4.69) is 5.32 Å². The molecule has 3 aromatic rings. The molecule has 0 aliphatic rings. The Morgan fingerprint density at radius 3 is 1.97 bits per heavy atom. The number of nitro groups is 2. The Balaban J connectivity index is 1.76. The summed E-state index contributed by atoms with van der Waals surface area (Å²) in [6.45, 7) is 0. The molecule has 162 valence electrons. The van der Waals surface area contributed by atoms with Gasteiger partial charge in [0.15, 0.2) is 0 Å². The van der Waals surface area contributed by atoms with E-state index in [-0.39, 0.29) is 32.6 Å². The Kier molecular flexibility index (Phi) is 6.67. The van der Waals surface area contributed by atoms with Crippen LogP contribution in [0.25, 0.3) is 0 Å². The summed E-state index contributed by atoms with van der Waals surface area (Å²) in [4.78, 5) is 45.3. The highest BCUT2D eigenvalue weighted by molar-refractivity contribution is 6.33. The Morgan fingerprint density at radius 1 is 0.812 bits per heavy atom. The molecule has 0 aromatic heterocycles. The van der Waals surface area contributed by atoms with Crippen molar-refractivity contribution in [1.29, 1.82) is 0 Å². The molecule has 32 heavy (non-hydrogen) atoms. The first kappa shape index (κ1) is 22.7. The number of nitro benzene ring substituents is 2. The number of rotatable bonds is 6. The van der Waals surface area contributed by atoms with Crippen LogP contribution < -0.4 is 10.1 Å². The minimum atomic E-state index is -0.874. The minimum absolute atomic E-state index is 0.00280. The second-order valence-electron chi connectivity index (χ2n) is 6.22. The number of nitrogens with zero attached hydrogens (tertiary/aromatic N) is 2. The van der Waals surface area contributed by atoms with Crippen LogP contribution in [0.2, 0.25) is 10.0 Å². The fourth-order valence-electron chi connectivity index (χ4n) is 2.58. The van der Waals surface area contributed by atoms with E-state index in [4.69, 9.17) is 27.9 Å². The molecule has 12 heteroatoms. The molecular weight excluding hydrogens is 465 g/mol. The molecule has 0 saturated heterocycles. The lowest BCUT2D eigenvalue weighted by molar-refractivity contribution is -0.384. The van der Waals surface area contributed by atoms with Gasteiger partial charge in [0.25, 0.3) is 17.3 Å². The first-order chi connectivity index (χ1) is 15.2. The van der Waals surface area contributed by atoms with Gasteiger partial charge in [-0.15, -0.1) is 0 Å². The van der Waals surface area contributed by atoms with Crippen LogP contribution in [-0.4, -0.2) is 21.7 Å².